The van der Waals surface area contributed by atoms with Crippen molar-refractivity contribution in [1.29, 1.82) is 0 Å². The Labute approximate surface area is 181 Å². The van der Waals surface area contributed by atoms with Gasteiger partial charge in [0.05, 0.1) is 12.8 Å². The van der Waals surface area contributed by atoms with Crippen LogP contribution >= 0.6 is 23.8 Å². The number of benzene rings is 2. The molecule has 1 amide bonds. The molecule has 0 atom stereocenters. The Bertz CT molecular complexity index is 1150. The van der Waals surface area contributed by atoms with Crippen LogP contribution in [-0.2, 0) is 0 Å². The molecule has 1 N–H and O–H groups in total. The minimum atomic E-state index is -0.157. The number of anilines is 1. The summed E-state index contributed by atoms with van der Waals surface area (Å²) < 4.78 is 6.06. The number of rotatable bonds is 4. The van der Waals surface area contributed by atoms with Crippen LogP contribution in [0.3, 0.4) is 0 Å². The van der Waals surface area contributed by atoms with Gasteiger partial charge in [-0.05, 0) is 62.2 Å². The van der Waals surface area contributed by atoms with Gasteiger partial charge in [-0.3, -0.25) is 4.79 Å². The maximum absolute atomic E-state index is 13.3. The molecule has 6 heteroatoms. The summed E-state index contributed by atoms with van der Waals surface area (Å²) in [6, 6.07) is 13.0. The first-order valence-electron chi connectivity index (χ1n) is 9.16. The fourth-order valence-electron chi connectivity index (χ4n) is 3.56. The molecule has 4 nitrogen and oxygen atoms in total. The highest BCUT2D eigenvalue weighted by Crippen LogP contribution is 2.35. The summed E-state index contributed by atoms with van der Waals surface area (Å²) >= 11 is 12.0. The minimum absolute atomic E-state index is 0.157. The predicted molar refractivity (Wildman–Crippen MR) is 122 cm³/mol. The molecular weight excluding hydrogens is 404 g/mol. The molecule has 29 heavy (non-hydrogen) atoms. The van der Waals surface area contributed by atoms with Crippen LogP contribution in [0.5, 0.6) is 5.75 Å². The lowest BCUT2D eigenvalue weighted by molar-refractivity contribution is 0.0992. The number of aryl methyl sites for hydroxylation is 3. The fourth-order valence-corrected chi connectivity index (χ4v) is 4.20. The van der Waals surface area contributed by atoms with Crippen molar-refractivity contribution in [3.63, 3.8) is 0 Å². The topological polar surface area (TPSA) is 45.3 Å². The Balaban J connectivity index is 2.09. The van der Waals surface area contributed by atoms with Crippen molar-refractivity contribution < 1.29 is 9.53 Å². The standard InChI is InChI=1S/C23H23ClN2O2S/c1-13-7-6-8-19(28-5)21(13)26(4)23(27)16-9-10-18(24)17(12-16)20-14(2)11-15(3)25-22(20)29/h6-12H,1-5H3,(H,25,29). The number of H-pyrrole nitrogens is 1. The highest BCUT2D eigenvalue weighted by molar-refractivity contribution is 7.71. The molecule has 1 aromatic heterocycles. The van der Waals surface area contributed by atoms with Crippen LogP contribution in [-0.4, -0.2) is 25.0 Å². The molecule has 0 bridgehead atoms. The second-order valence-corrected chi connectivity index (χ2v) is 7.84. The molecule has 0 aliphatic rings. The first-order chi connectivity index (χ1) is 13.7. The summed E-state index contributed by atoms with van der Waals surface area (Å²) in [7, 11) is 3.34. The summed E-state index contributed by atoms with van der Waals surface area (Å²) in [6.07, 6.45) is 0. The Morgan fingerprint density at radius 3 is 2.48 bits per heavy atom. The Morgan fingerprint density at radius 1 is 1.10 bits per heavy atom. The summed E-state index contributed by atoms with van der Waals surface area (Å²) in [5.41, 5.74) is 5.76. The normalized spacial score (nSPS) is 10.7. The van der Waals surface area contributed by atoms with Crippen molar-refractivity contribution in [3.05, 3.63) is 74.5 Å². The summed E-state index contributed by atoms with van der Waals surface area (Å²) in [5, 5.41) is 0.545. The molecule has 0 spiro atoms. The van der Waals surface area contributed by atoms with Crippen LogP contribution in [0.4, 0.5) is 5.69 Å². The predicted octanol–water partition coefficient (Wildman–Crippen LogP) is 6.28. The first-order valence-corrected chi connectivity index (χ1v) is 9.95. The van der Waals surface area contributed by atoms with Crippen molar-refractivity contribution in [2.45, 2.75) is 20.8 Å². The summed E-state index contributed by atoms with van der Waals surface area (Å²) in [6.45, 7) is 5.89. The van der Waals surface area contributed by atoms with E-state index in [9.17, 15) is 4.79 Å². The average molecular weight is 427 g/mol. The number of hydrogen-bond donors (Lipinski definition) is 1. The van der Waals surface area contributed by atoms with Gasteiger partial charge in [-0.15, -0.1) is 0 Å². The molecule has 150 valence electrons. The van der Waals surface area contributed by atoms with Crippen molar-refractivity contribution in [3.8, 4) is 16.9 Å². The van der Waals surface area contributed by atoms with E-state index in [4.69, 9.17) is 28.6 Å². The van der Waals surface area contributed by atoms with Crippen molar-refractivity contribution >= 4 is 35.4 Å². The van der Waals surface area contributed by atoms with Gasteiger partial charge in [-0.2, -0.15) is 0 Å². The van der Waals surface area contributed by atoms with Crippen LogP contribution < -0.4 is 9.64 Å². The monoisotopic (exact) mass is 426 g/mol. The zero-order chi connectivity index (χ0) is 21.3. The number of hydrogen-bond acceptors (Lipinski definition) is 3. The third-order valence-corrected chi connectivity index (χ3v) is 5.54. The molecule has 2 aromatic carbocycles. The minimum Gasteiger partial charge on any atom is -0.495 e. The number of nitrogens with one attached hydrogen (secondary N) is 1. The molecular formula is C23H23ClN2O2S. The molecule has 3 rings (SSSR count). The van der Waals surface area contributed by atoms with Crippen molar-refractivity contribution in [2.24, 2.45) is 0 Å². The van der Waals surface area contributed by atoms with Crippen LogP contribution in [0, 0.1) is 25.4 Å². The van der Waals surface area contributed by atoms with Gasteiger partial charge < -0.3 is 14.6 Å². The number of para-hydroxylation sites is 1. The molecule has 0 fully saturated rings. The second-order valence-electron chi connectivity index (χ2n) is 7.02. The number of carbonyl (C=O) groups excluding carboxylic acids is 1. The van der Waals surface area contributed by atoms with E-state index in [1.807, 2.05) is 45.0 Å². The summed E-state index contributed by atoms with van der Waals surface area (Å²) in [5.74, 6) is 0.488. The van der Waals surface area contributed by atoms with Gasteiger partial charge in [0.2, 0.25) is 0 Å². The van der Waals surface area contributed by atoms with Crippen molar-refractivity contribution in [1.82, 2.24) is 4.98 Å². The number of aromatic nitrogens is 1. The van der Waals surface area contributed by atoms with E-state index in [1.54, 1.807) is 37.3 Å². The second kappa shape index (κ2) is 8.39. The lowest BCUT2D eigenvalue weighted by atomic mass is 9.99. The van der Waals surface area contributed by atoms with Crippen LogP contribution in [0.2, 0.25) is 5.02 Å². The maximum Gasteiger partial charge on any atom is 0.258 e. The Kier molecular flexibility index (Phi) is 6.10. The zero-order valence-electron chi connectivity index (χ0n) is 17.1. The van der Waals surface area contributed by atoms with Gasteiger partial charge in [0, 0.05) is 34.5 Å². The smallest absolute Gasteiger partial charge is 0.258 e. The molecule has 3 aromatic rings. The molecule has 0 unspecified atom stereocenters. The zero-order valence-corrected chi connectivity index (χ0v) is 18.7. The quantitative estimate of drug-likeness (QED) is 0.499. The van der Waals surface area contributed by atoms with Crippen LogP contribution in [0.25, 0.3) is 11.1 Å². The average Bonchev–Trinajstić information content (AvgIpc) is 2.67. The van der Waals surface area contributed by atoms with Gasteiger partial charge in [-0.1, -0.05) is 36.0 Å². The molecule has 0 saturated heterocycles. The summed E-state index contributed by atoms with van der Waals surface area (Å²) in [4.78, 5) is 18.0. The van der Waals surface area contributed by atoms with E-state index >= 15 is 0 Å². The number of ether oxygens (including phenoxy) is 1. The van der Waals surface area contributed by atoms with E-state index in [-0.39, 0.29) is 5.91 Å². The number of carbonyl (C=O) groups is 1. The van der Waals surface area contributed by atoms with Gasteiger partial charge in [-0.25, -0.2) is 0 Å². The Hall–Kier alpha value is -2.63. The third kappa shape index (κ3) is 4.07. The fraction of sp³-hybridized carbons (Fsp3) is 0.217. The van der Waals surface area contributed by atoms with Crippen molar-refractivity contribution in [2.75, 3.05) is 19.1 Å². The highest BCUT2D eigenvalue weighted by atomic mass is 35.5. The van der Waals surface area contributed by atoms with E-state index < -0.39 is 0 Å². The Morgan fingerprint density at radius 2 is 1.83 bits per heavy atom. The molecule has 0 aliphatic heterocycles. The van der Waals surface area contributed by atoms with Crippen LogP contribution in [0.15, 0.2) is 42.5 Å². The molecule has 0 saturated carbocycles. The molecule has 0 radical (unpaired) electrons. The van der Waals surface area contributed by atoms with Crippen LogP contribution in [0.1, 0.15) is 27.2 Å². The van der Waals surface area contributed by atoms with E-state index in [2.05, 4.69) is 4.98 Å². The number of nitrogens with zero attached hydrogens (tertiary/aromatic N) is 1. The number of aromatic amines is 1. The first kappa shape index (κ1) is 21.1. The molecule has 1 heterocycles. The number of pyridine rings is 1. The van der Waals surface area contributed by atoms with Gasteiger partial charge in [0.25, 0.3) is 5.91 Å². The lowest BCUT2D eigenvalue weighted by Crippen LogP contribution is -2.27. The van der Waals surface area contributed by atoms with E-state index in [0.717, 1.165) is 33.6 Å². The number of halogens is 1. The lowest BCUT2D eigenvalue weighted by Gasteiger charge is -2.22. The highest BCUT2D eigenvalue weighted by Gasteiger charge is 2.21. The number of methoxy groups -OCH3 is 1. The largest absolute Gasteiger partial charge is 0.495 e. The third-order valence-electron chi connectivity index (χ3n) is 4.91. The maximum atomic E-state index is 13.3. The number of amides is 1. The van der Waals surface area contributed by atoms with E-state index in [1.165, 1.54) is 0 Å². The van der Waals surface area contributed by atoms with Gasteiger partial charge >= 0.3 is 0 Å². The van der Waals surface area contributed by atoms with E-state index in [0.29, 0.717) is 21.0 Å². The SMILES string of the molecule is COc1cccc(C)c1N(C)C(=O)c1ccc(Cl)c(-c2c(C)cc(C)[nH]c2=S)c1. The van der Waals surface area contributed by atoms with Gasteiger partial charge in [0.1, 0.15) is 10.4 Å². The van der Waals surface area contributed by atoms with Gasteiger partial charge in [0.15, 0.2) is 0 Å². The molecule has 0 aliphatic carbocycles.